The topological polar surface area (TPSA) is 46.9 Å². The Morgan fingerprint density at radius 3 is 2.74 bits per heavy atom. The van der Waals surface area contributed by atoms with Crippen LogP contribution in [0.1, 0.15) is 50.3 Å². The standard InChI is InChI=1S/C14H23N3OS/c18-19-9-6-12(7-10-19)15-11-13-5-8-17(16-13)14-3-1-2-4-14/h5,8,12,14-15H,1-4,6-7,9-11H2. The number of aromatic nitrogens is 2. The van der Waals surface area contributed by atoms with E-state index in [1.807, 2.05) is 0 Å². The fourth-order valence-corrected chi connectivity index (χ4v) is 4.39. The van der Waals surface area contributed by atoms with Gasteiger partial charge in [0.1, 0.15) is 0 Å². The highest BCUT2D eigenvalue weighted by molar-refractivity contribution is 7.85. The summed E-state index contributed by atoms with van der Waals surface area (Å²) in [6.07, 6.45) is 9.45. The monoisotopic (exact) mass is 281 g/mol. The minimum Gasteiger partial charge on any atom is -0.308 e. The van der Waals surface area contributed by atoms with Gasteiger partial charge in [0.05, 0.1) is 11.7 Å². The van der Waals surface area contributed by atoms with Gasteiger partial charge in [0.25, 0.3) is 0 Å². The fourth-order valence-electron chi connectivity index (χ4n) is 3.09. The molecule has 106 valence electrons. The summed E-state index contributed by atoms with van der Waals surface area (Å²) in [5.41, 5.74) is 1.14. The van der Waals surface area contributed by atoms with Crippen molar-refractivity contribution in [2.75, 3.05) is 11.5 Å². The largest absolute Gasteiger partial charge is 0.308 e. The second-order valence-electron chi connectivity index (χ2n) is 5.73. The van der Waals surface area contributed by atoms with E-state index in [1.165, 1.54) is 25.7 Å². The molecule has 0 spiro atoms. The zero-order valence-electron chi connectivity index (χ0n) is 11.4. The molecule has 0 aromatic carbocycles. The van der Waals surface area contributed by atoms with Crippen LogP contribution in [-0.2, 0) is 17.3 Å². The molecule has 5 heteroatoms. The van der Waals surface area contributed by atoms with Gasteiger partial charge in [0.15, 0.2) is 0 Å². The number of nitrogens with one attached hydrogen (secondary N) is 1. The van der Waals surface area contributed by atoms with Crippen LogP contribution in [0.3, 0.4) is 0 Å². The Balaban J connectivity index is 1.48. The molecule has 1 aliphatic heterocycles. The quantitative estimate of drug-likeness (QED) is 0.918. The summed E-state index contributed by atoms with van der Waals surface area (Å²) in [6.45, 7) is 0.844. The van der Waals surface area contributed by atoms with Crippen molar-refractivity contribution in [3.8, 4) is 0 Å². The van der Waals surface area contributed by atoms with E-state index in [2.05, 4.69) is 27.4 Å². The summed E-state index contributed by atoms with van der Waals surface area (Å²) >= 11 is 0. The maximum atomic E-state index is 11.3. The minimum absolute atomic E-state index is 0.523. The van der Waals surface area contributed by atoms with Crippen molar-refractivity contribution in [1.82, 2.24) is 15.1 Å². The third-order valence-corrected chi connectivity index (χ3v) is 5.70. The average Bonchev–Trinajstić information content (AvgIpc) is 3.09. The molecule has 0 atom stereocenters. The summed E-state index contributed by atoms with van der Waals surface area (Å²) in [4.78, 5) is 0. The summed E-state index contributed by atoms with van der Waals surface area (Å²) in [6, 6.07) is 3.28. The Hall–Kier alpha value is -0.680. The highest BCUT2D eigenvalue weighted by Crippen LogP contribution is 2.28. The molecule has 2 aliphatic rings. The predicted molar refractivity (Wildman–Crippen MR) is 77.5 cm³/mol. The first-order chi connectivity index (χ1) is 9.31. The highest BCUT2D eigenvalue weighted by atomic mass is 32.2. The molecule has 2 fully saturated rings. The lowest BCUT2D eigenvalue weighted by atomic mass is 10.1. The normalized spacial score (nSPS) is 28.8. The van der Waals surface area contributed by atoms with E-state index in [1.54, 1.807) is 0 Å². The Morgan fingerprint density at radius 2 is 2.00 bits per heavy atom. The van der Waals surface area contributed by atoms with E-state index >= 15 is 0 Å². The third kappa shape index (κ3) is 3.45. The molecular weight excluding hydrogens is 258 g/mol. The molecule has 1 aromatic heterocycles. The van der Waals surface area contributed by atoms with E-state index in [9.17, 15) is 4.21 Å². The van der Waals surface area contributed by atoms with E-state index < -0.39 is 10.8 Å². The predicted octanol–water partition coefficient (Wildman–Crippen LogP) is 2.00. The molecule has 4 nitrogen and oxygen atoms in total. The van der Waals surface area contributed by atoms with Crippen LogP contribution in [0, 0.1) is 0 Å². The van der Waals surface area contributed by atoms with Crippen LogP contribution in [0.25, 0.3) is 0 Å². The Morgan fingerprint density at radius 1 is 1.26 bits per heavy atom. The second-order valence-corrected chi connectivity index (χ2v) is 7.42. The molecule has 3 rings (SSSR count). The van der Waals surface area contributed by atoms with Gasteiger partial charge in [0.2, 0.25) is 0 Å². The van der Waals surface area contributed by atoms with Gasteiger partial charge in [-0.2, -0.15) is 5.10 Å². The van der Waals surface area contributed by atoms with Crippen molar-refractivity contribution in [1.29, 1.82) is 0 Å². The van der Waals surface area contributed by atoms with Gasteiger partial charge in [-0.05, 0) is 31.7 Å². The molecule has 1 N–H and O–H groups in total. The maximum absolute atomic E-state index is 11.3. The van der Waals surface area contributed by atoms with E-state index in [4.69, 9.17) is 0 Å². The zero-order chi connectivity index (χ0) is 13.1. The second kappa shape index (κ2) is 6.18. The van der Waals surface area contributed by atoms with Crippen molar-refractivity contribution >= 4 is 10.8 Å². The summed E-state index contributed by atoms with van der Waals surface area (Å²) in [7, 11) is -0.566. The molecule has 19 heavy (non-hydrogen) atoms. The first-order valence-electron chi connectivity index (χ1n) is 7.43. The van der Waals surface area contributed by atoms with Gasteiger partial charge < -0.3 is 5.32 Å². The van der Waals surface area contributed by atoms with Crippen LogP contribution < -0.4 is 5.32 Å². The summed E-state index contributed by atoms with van der Waals surface area (Å²) in [5.74, 6) is 1.71. The SMILES string of the molecule is O=S1CCC(NCc2ccn(C3CCCC3)n2)CC1. The van der Waals surface area contributed by atoms with Crippen LogP contribution in [0.4, 0.5) is 0 Å². The van der Waals surface area contributed by atoms with Gasteiger partial charge in [-0.3, -0.25) is 8.89 Å². The number of hydrogen-bond acceptors (Lipinski definition) is 3. The van der Waals surface area contributed by atoms with Crippen LogP contribution >= 0.6 is 0 Å². The average molecular weight is 281 g/mol. The van der Waals surface area contributed by atoms with Crippen LogP contribution in [0.15, 0.2) is 12.3 Å². The van der Waals surface area contributed by atoms with Gasteiger partial charge in [-0.15, -0.1) is 0 Å². The van der Waals surface area contributed by atoms with Crippen LogP contribution in [0.5, 0.6) is 0 Å². The van der Waals surface area contributed by atoms with E-state index in [-0.39, 0.29) is 0 Å². The molecule has 1 aromatic rings. The number of nitrogens with zero attached hydrogens (tertiary/aromatic N) is 2. The zero-order valence-corrected chi connectivity index (χ0v) is 12.2. The molecular formula is C14H23N3OS. The molecule has 0 radical (unpaired) electrons. The van der Waals surface area contributed by atoms with Gasteiger partial charge in [-0.1, -0.05) is 12.8 Å². The summed E-state index contributed by atoms with van der Waals surface area (Å²) in [5, 5.41) is 8.24. The van der Waals surface area contributed by atoms with Gasteiger partial charge in [-0.25, -0.2) is 0 Å². The molecule has 0 bridgehead atoms. The molecule has 2 heterocycles. The van der Waals surface area contributed by atoms with Gasteiger partial charge in [0, 0.05) is 41.1 Å². The lowest BCUT2D eigenvalue weighted by molar-refractivity contribution is 0.447. The lowest BCUT2D eigenvalue weighted by Crippen LogP contribution is -2.35. The number of rotatable bonds is 4. The molecule has 1 aliphatic carbocycles. The van der Waals surface area contributed by atoms with Crippen molar-refractivity contribution < 1.29 is 4.21 Å². The number of hydrogen-bond donors (Lipinski definition) is 1. The van der Waals surface area contributed by atoms with Crippen molar-refractivity contribution in [2.24, 2.45) is 0 Å². The molecule has 1 saturated heterocycles. The van der Waals surface area contributed by atoms with E-state index in [0.29, 0.717) is 12.1 Å². The fraction of sp³-hybridized carbons (Fsp3) is 0.786. The third-order valence-electron chi connectivity index (χ3n) is 4.32. The summed E-state index contributed by atoms with van der Waals surface area (Å²) < 4.78 is 13.5. The first-order valence-corrected chi connectivity index (χ1v) is 8.92. The van der Waals surface area contributed by atoms with Gasteiger partial charge >= 0.3 is 0 Å². The smallest absolute Gasteiger partial charge is 0.0762 e. The Bertz CT molecular complexity index is 430. The molecule has 0 amide bonds. The minimum atomic E-state index is -0.566. The Kier molecular flexibility index (Phi) is 4.33. The van der Waals surface area contributed by atoms with Crippen molar-refractivity contribution in [3.05, 3.63) is 18.0 Å². The van der Waals surface area contributed by atoms with Crippen LogP contribution in [0.2, 0.25) is 0 Å². The van der Waals surface area contributed by atoms with Crippen molar-refractivity contribution in [2.45, 2.75) is 57.2 Å². The first kappa shape index (κ1) is 13.3. The van der Waals surface area contributed by atoms with Crippen molar-refractivity contribution in [3.63, 3.8) is 0 Å². The molecule has 1 saturated carbocycles. The Labute approximate surface area is 117 Å². The van der Waals surface area contributed by atoms with E-state index in [0.717, 1.165) is 36.6 Å². The highest BCUT2D eigenvalue weighted by Gasteiger charge is 2.19. The van der Waals surface area contributed by atoms with Crippen LogP contribution in [-0.4, -0.2) is 31.5 Å². The maximum Gasteiger partial charge on any atom is 0.0762 e. The lowest BCUT2D eigenvalue weighted by Gasteiger charge is -2.22. The molecule has 0 unspecified atom stereocenters.